The monoisotopic (exact) mass is 499 g/mol. The highest BCUT2D eigenvalue weighted by molar-refractivity contribution is 6.30. The van der Waals surface area contributed by atoms with Gasteiger partial charge in [-0.25, -0.2) is 0 Å². The van der Waals surface area contributed by atoms with Crippen molar-refractivity contribution in [1.82, 2.24) is 4.90 Å². The Bertz CT molecular complexity index is 984. The molecule has 1 saturated heterocycles. The van der Waals surface area contributed by atoms with Crippen LogP contribution in [-0.2, 0) is 4.79 Å². The molecule has 0 aromatic heterocycles. The van der Waals surface area contributed by atoms with Crippen LogP contribution in [0.4, 0.5) is 0 Å². The quantitative estimate of drug-likeness (QED) is 0.315. The van der Waals surface area contributed by atoms with Crippen molar-refractivity contribution < 1.29 is 4.79 Å². The van der Waals surface area contributed by atoms with Crippen LogP contribution in [0, 0.1) is 17.3 Å². The third-order valence-electron chi connectivity index (χ3n) is 7.35. The van der Waals surface area contributed by atoms with Gasteiger partial charge in [0.1, 0.15) is 0 Å². The number of piperidine rings is 1. The number of carbonyl (C=O) groups is 1. The summed E-state index contributed by atoms with van der Waals surface area (Å²) in [5, 5.41) is 1.43. The summed E-state index contributed by atoms with van der Waals surface area (Å²) in [7, 11) is 0. The fourth-order valence-electron chi connectivity index (χ4n) is 5.55. The fourth-order valence-corrected chi connectivity index (χ4v) is 5.87. The number of halogens is 2. The van der Waals surface area contributed by atoms with Gasteiger partial charge >= 0.3 is 0 Å². The molecule has 0 bridgehead atoms. The van der Waals surface area contributed by atoms with Gasteiger partial charge in [0, 0.05) is 22.0 Å². The average molecular weight is 501 g/mol. The van der Waals surface area contributed by atoms with E-state index < -0.39 is 5.41 Å². The van der Waals surface area contributed by atoms with E-state index in [1.54, 1.807) is 0 Å². The normalized spacial score (nSPS) is 24.0. The summed E-state index contributed by atoms with van der Waals surface area (Å²) < 4.78 is 0. The number of allylic oxidation sites excluding steroid dienone is 1. The van der Waals surface area contributed by atoms with Gasteiger partial charge in [-0.15, -0.1) is 6.58 Å². The van der Waals surface area contributed by atoms with Crippen LogP contribution in [0.2, 0.25) is 10.0 Å². The smallest absolute Gasteiger partial charge is 0.229 e. The van der Waals surface area contributed by atoms with Crippen LogP contribution in [0.3, 0.4) is 0 Å². The first-order chi connectivity index (χ1) is 16.1. The molecular formula is C30H39Cl2NO. The molecule has 2 aromatic carbocycles. The number of carbonyl (C=O) groups excluding carboxylic acids is 1. The zero-order chi connectivity index (χ0) is 25.0. The predicted molar refractivity (Wildman–Crippen MR) is 145 cm³/mol. The number of benzene rings is 2. The second kappa shape index (κ2) is 11.3. The van der Waals surface area contributed by atoms with Crippen LogP contribution in [0.5, 0.6) is 0 Å². The standard InChI is InChI=1S/C30H39Cl2NO/c1-7-17-30(6)19-26(23-9-8-10-25(32)18-23)28(22-12-14-24(31)15-13-22)33(29(30)34)27(21(4)5)16-11-20(2)3/h7-10,12-15,18,20-21,26-28H,1,11,16-17,19H2,2-6H3/t26?,27-,28?,30+/m1/s1. The lowest BCUT2D eigenvalue weighted by Crippen LogP contribution is -2.56. The summed E-state index contributed by atoms with van der Waals surface area (Å²) in [6.07, 6.45) is 5.36. The third kappa shape index (κ3) is 5.89. The molecule has 1 aliphatic rings. The molecular weight excluding hydrogens is 461 g/mol. The Morgan fingerprint density at radius 3 is 2.26 bits per heavy atom. The van der Waals surface area contributed by atoms with Gasteiger partial charge in [-0.3, -0.25) is 4.79 Å². The lowest BCUT2D eigenvalue weighted by molar-refractivity contribution is -0.156. The minimum atomic E-state index is -0.511. The summed E-state index contributed by atoms with van der Waals surface area (Å²) in [4.78, 5) is 16.6. The molecule has 2 aromatic rings. The van der Waals surface area contributed by atoms with Gasteiger partial charge in [0.2, 0.25) is 5.91 Å². The van der Waals surface area contributed by atoms with Crippen molar-refractivity contribution in [2.75, 3.05) is 0 Å². The molecule has 34 heavy (non-hydrogen) atoms. The first-order valence-corrected chi connectivity index (χ1v) is 13.3. The zero-order valence-corrected chi connectivity index (χ0v) is 22.7. The predicted octanol–water partition coefficient (Wildman–Crippen LogP) is 9.09. The molecule has 4 atom stereocenters. The van der Waals surface area contributed by atoms with Crippen molar-refractivity contribution in [3.63, 3.8) is 0 Å². The highest BCUT2D eigenvalue weighted by Crippen LogP contribution is 2.53. The number of rotatable bonds is 9. The minimum absolute atomic E-state index is 0.0827. The molecule has 0 saturated carbocycles. The summed E-state index contributed by atoms with van der Waals surface area (Å²) >= 11 is 12.7. The number of likely N-dealkylation sites (tertiary alicyclic amines) is 1. The zero-order valence-electron chi connectivity index (χ0n) is 21.2. The van der Waals surface area contributed by atoms with E-state index in [0.717, 1.165) is 29.8 Å². The van der Waals surface area contributed by atoms with Crippen LogP contribution < -0.4 is 0 Å². The van der Waals surface area contributed by atoms with Crippen LogP contribution in [0.25, 0.3) is 0 Å². The minimum Gasteiger partial charge on any atom is -0.331 e. The highest BCUT2D eigenvalue weighted by atomic mass is 35.5. The van der Waals surface area contributed by atoms with Gasteiger partial charge in [-0.1, -0.05) is 88.2 Å². The molecule has 0 N–H and O–H groups in total. The van der Waals surface area contributed by atoms with Gasteiger partial charge in [-0.05, 0) is 72.9 Å². The van der Waals surface area contributed by atoms with E-state index in [-0.39, 0.29) is 23.9 Å². The van der Waals surface area contributed by atoms with Crippen LogP contribution >= 0.6 is 23.2 Å². The average Bonchev–Trinajstić information content (AvgIpc) is 2.77. The van der Waals surface area contributed by atoms with E-state index in [1.807, 2.05) is 30.3 Å². The van der Waals surface area contributed by atoms with E-state index >= 15 is 0 Å². The maximum atomic E-state index is 14.3. The Balaban J connectivity index is 2.22. The van der Waals surface area contributed by atoms with Crippen LogP contribution in [0.1, 0.15) is 83.4 Å². The first-order valence-electron chi connectivity index (χ1n) is 12.5. The molecule has 3 rings (SSSR count). The van der Waals surface area contributed by atoms with Crippen molar-refractivity contribution in [2.45, 2.75) is 78.3 Å². The number of amides is 1. The SMILES string of the molecule is C=CC[C@@]1(C)CC(c2cccc(Cl)c2)C(c2ccc(Cl)cc2)N([C@H](CCC(C)C)C(C)C)C1=O. The van der Waals surface area contributed by atoms with Gasteiger partial charge in [0.25, 0.3) is 0 Å². The van der Waals surface area contributed by atoms with Crippen LogP contribution in [0.15, 0.2) is 61.2 Å². The molecule has 0 spiro atoms. The van der Waals surface area contributed by atoms with Gasteiger partial charge < -0.3 is 4.90 Å². The van der Waals surface area contributed by atoms with E-state index in [1.165, 1.54) is 5.56 Å². The van der Waals surface area contributed by atoms with Crippen molar-refractivity contribution in [2.24, 2.45) is 17.3 Å². The van der Waals surface area contributed by atoms with E-state index in [2.05, 4.69) is 70.4 Å². The molecule has 1 aliphatic heterocycles. The lowest BCUT2D eigenvalue weighted by Gasteiger charge is -2.53. The molecule has 0 radical (unpaired) electrons. The maximum Gasteiger partial charge on any atom is 0.229 e. The summed E-state index contributed by atoms with van der Waals surface area (Å²) in [6.45, 7) is 15.1. The largest absolute Gasteiger partial charge is 0.331 e. The second-order valence-electron chi connectivity index (χ2n) is 10.9. The molecule has 4 heteroatoms. The van der Waals surface area contributed by atoms with Gasteiger partial charge in [-0.2, -0.15) is 0 Å². The first kappa shape index (κ1) is 26.8. The van der Waals surface area contributed by atoms with Crippen molar-refractivity contribution in [1.29, 1.82) is 0 Å². The topological polar surface area (TPSA) is 20.3 Å². The summed E-state index contributed by atoms with van der Waals surface area (Å²) in [5.74, 6) is 1.26. The Morgan fingerprint density at radius 2 is 1.71 bits per heavy atom. The highest BCUT2D eigenvalue weighted by Gasteiger charge is 2.51. The Kier molecular flexibility index (Phi) is 8.93. The fraction of sp³-hybridized carbons (Fsp3) is 0.500. The van der Waals surface area contributed by atoms with Crippen LogP contribution in [-0.4, -0.2) is 16.8 Å². The van der Waals surface area contributed by atoms with E-state index in [0.29, 0.717) is 23.3 Å². The summed E-state index contributed by atoms with van der Waals surface area (Å²) in [6, 6.07) is 16.2. The molecule has 2 nitrogen and oxygen atoms in total. The number of hydrogen-bond acceptors (Lipinski definition) is 1. The van der Waals surface area contributed by atoms with E-state index in [9.17, 15) is 4.79 Å². The molecule has 0 aliphatic carbocycles. The Hall–Kier alpha value is -1.77. The second-order valence-corrected chi connectivity index (χ2v) is 11.8. The van der Waals surface area contributed by atoms with Gasteiger partial charge in [0.05, 0.1) is 11.5 Å². The maximum absolute atomic E-state index is 14.3. The van der Waals surface area contributed by atoms with Gasteiger partial charge in [0.15, 0.2) is 0 Å². The molecule has 1 amide bonds. The third-order valence-corrected chi connectivity index (χ3v) is 7.84. The van der Waals surface area contributed by atoms with Crippen molar-refractivity contribution in [3.05, 3.63) is 82.4 Å². The molecule has 1 heterocycles. The number of hydrogen-bond donors (Lipinski definition) is 0. The van der Waals surface area contributed by atoms with Crippen molar-refractivity contribution in [3.8, 4) is 0 Å². The lowest BCUT2D eigenvalue weighted by atomic mass is 9.66. The Morgan fingerprint density at radius 1 is 1.03 bits per heavy atom. The number of nitrogens with zero attached hydrogens (tertiary/aromatic N) is 1. The molecule has 1 fully saturated rings. The molecule has 2 unspecified atom stereocenters. The Labute approximate surface area is 216 Å². The van der Waals surface area contributed by atoms with E-state index in [4.69, 9.17) is 23.2 Å². The molecule has 184 valence electrons. The summed E-state index contributed by atoms with van der Waals surface area (Å²) in [5.41, 5.74) is 1.79. The van der Waals surface area contributed by atoms with Crippen molar-refractivity contribution >= 4 is 29.1 Å².